The quantitative estimate of drug-likeness (QED) is 0.524. The van der Waals surface area contributed by atoms with Crippen LogP contribution in [0.4, 0.5) is 13.2 Å². The lowest BCUT2D eigenvalue weighted by atomic mass is 10.0. The number of hydrogen-bond donors (Lipinski definition) is 0. The van der Waals surface area contributed by atoms with E-state index in [0.29, 0.717) is 10.6 Å². The minimum Gasteiger partial charge on any atom is -0.451 e. The van der Waals surface area contributed by atoms with Crippen molar-refractivity contribution < 1.29 is 17.6 Å². The Morgan fingerprint density at radius 2 is 1.58 bits per heavy atom. The van der Waals surface area contributed by atoms with Gasteiger partial charge in [0, 0.05) is 22.6 Å². The molecule has 0 bridgehead atoms. The van der Waals surface area contributed by atoms with Crippen molar-refractivity contribution in [1.82, 2.24) is 0 Å². The van der Waals surface area contributed by atoms with Gasteiger partial charge >= 0.3 is 6.18 Å². The molecule has 3 rings (SSSR count). The molecule has 1 aromatic heterocycles. The third-order valence-corrected chi connectivity index (χ3v) is 3.96. The van der Waals surface area contributed by atoms with Crippen LogP contribution in [0.5, 0.6) is 0 Å². The van der Waals surface area contributed by atoms with E-state index >= 15 is 0 Å². The maximum atomic E-state index is 13.3. The third-order valence-electron chi connectivity index (χ3n) is 3.71. The molecule has 1 heterocycles. The van der Waals surface area contributed by atoms with Crippen molar-refractivity contribution in [3.63, 3.8) is 0 Å². The predicted octanol–water partition coefficient (Wildman–Crippen LogP) is 6.52. The summed E-state index contributed by atoms with van der Waals surface area (Å²) in [7, 11) is 0. The molecule has 2 aromatic carbocycles. The van der Waals surface area contributed by atoms with E-state index in [2.05, 4.69) is 0 Å². The third kappa shape index (κ3) is 3.65. The minimum absolute atomic E-state index is 0.122. The van der Waals surface area contributed by atoms with Gasteiger partial charge in [0.15, 0.2) is 0 Å². The van der Waals surface area contributed by atoms with Crippen molar-refractivity contribution in [2.45, 2.75) is 19.5 Å². The van der Waals surface area contributed by atoms with E-state index in [-0.39, 0.29) is 17.7 Å². The second-order valence-corrected chi connectivity index (χ2v) is 6.07. The smallest absolute Gasteiger partial charge is 0.449 e. The highest BCUT2D eigenvalue weighted by molar-refractivity contribution is 6.30. The Kier molecular flexibility index (Phi) is 4.41. The second kappa shape index (κ2) is 6.36. The fourth-order valence-electron chi connectivity index (χ4n) is 2.48. The highest BCUT2D eigenvalue weighted by Crippen LogP contribution is 2.38. The Hall–Kier alpha value is -2.20. The highest BCUT2D eigenvalue weighted by atomic mass is 35.5. The van der Waals surface area contributed by atoms with Gasteiger partial charge in [-0.05, 0) is 42.8 Å². The zero-order valence-corrected chi connectivity index (χ0v) is 13.6. The molecule has 5 heteroatoms. The Balaban J connectivity index is 2.00. The largest absolute Gasteiger partial charge is 0.451 e. The Morgan fingerprint density at radius 1 is 0.958 bits per heavy atom. The van der Waals surface area contributed by atoms with Crippen LogP contribution in [0.15, 0.2) is 59.0 Å². The van der Waals surface area contributed by atoms with Crippen LogP contribution in [0.25, 0.3) is 11.3 Å². The average Bonchev–Trinajstić information content (AvgIpc) is 2.94. The predicted molar refractivity (Wildman–Crippen MR) is 88.1 cm³/mol. The first-order valence-corrected chi connectivity index (χ1v) is 7.72. The van der Waals surface area contributed by atoms with Crippen LogP contribution >= 0.6 is 11.6 Å². The molecule has 0 spiro atoms. The number of benzene rings is 2. The van der Waals surface area contributed by atoms with Crippen molar-refractivity contribution in [3.05, 3.63) is 82.1 Å². The van der Waals surface area contributed by atoms with Gasteiger partial charge in [0.1, 0.15) is 5.76 Å². The molecule has 124 valence electrons. The molecule has 0 saturated carbocycles. The topological polar surface area (TPSA) is 13.1 Å². The van der Waals surface area contributed by atoms with Crippen molar-refractivity contribution in [2.75, 3.05) is 0 Å². The lowest BCUT2D eigenvalue weighted by Crippen LogP contribution is -2.06. The molecule has 0 radical (unpaired) electrons. The maximum Gasteiger partial charge on any atom is 0.449 e. The number of alkyl halides is 3. The fraction of sp³-hybridized carbons (Fsp3) is 0.158. The van der Waals surface area contributed by atoms with Gasteiger partial charge in [-0.25, -0.2) is 0 Å². The first-order chi connectivity index (χ1) is 11.3. The lowest BCUT2D eigenvalue weighted by Gasteiger charge is -2.06. The minimum atomic E-state index is -4.54. The molecule has 0 unspecified atom stereocenters. The van der Waals surface area contributed by atoms with E-state index in [1.807, 2.05) is 31.2 Å². The van der Waals surface area contributed by atoms with E-state index in [4.69, 9.17) is 16.0 Å². The van der Waals surface area contributed by atoms with E-state index in [1.54, 1.807) is 24.3 Å². The van der Waals surface area contributed by atoms with Crippen LogP contribution in [-0.4, -0.2) is 0 Å². The maximum absolute atomic E-state index is 13.3. The van der Waals surface area contributed by atoms with Crippen LogP contribution < -0.4 is 0 Å². The molecule has 0 aliphatic rings. The van der Waals surface area contributed by atoms with Gasteiger partial charge in [0.2, 0.25) is 5.76 Å². The lowest BCUT2D eigenvalue weighted by molar-refractivity contribution is -0.153. The number of furan rings is 1. The number of hydrogen-bond acceptors (Lipinski definition) is 1. The summed E-state index contributed by atoms with van der Waals surface area (Å²) in [6, 6.07) is 15.4. The SMILES string of the molecule is Cc1ccc(Cc2cc(-c3ccc(Cl)cc3)oc2C(F)(F)F)cc1. The van der Waals surface area contributed by atoms with E-state index in [1.165, 1.54) is 6.07 Å². The molecule has 1 nitrogen and oxygen atoms in total. The van der Waals surface area contributed by atoms with Crippen molar-refractivity contribution >= 4 is 11.6 Å². The van der Waals surface area contributed by atoms with Crippen LogP contribution in [0, 0.1) is 6.92 Å². The normalized spacial score (nSPS) is 11.7. The zero-order valence-electron chi connectivity index (χ0n) is 12.8. The summed E-state index contributed by atoms with van der Waals surface area (Å²) in [6.07, 6.45) is -4.38. The summed E-state index contributed by atoms with van der Waals surface area (Å²) < 4.78 is 45.0. The van der Waals surface area contributed by atoms with Crippen molar-refractivity contribution in [3.8, 4) is 11.3 Å². The molecule has 0 N–H and O–H groups in total. The Labute approximate surface area is 142 Å². The van der Waals surface area contributed by atoms with Gasteiger partial charge in [-0.1, -0.05) is 41.4 Å². The van der Waals surface area contributed by atoms with E-state index in [9.17, 15) is 13.2 Å². The summed E-state index contributed by atoms with van der Waals surface area (Å²) in [6.45, 7) is 1.93. The molecule has 0 aliphatic heterocycles. The van der Waals surface area contributed by atoms with E-state index in [0.717, 1.165) is 11.1 Å². The van der Waals surface area contributed by atoms with Gasteiger partial charge in [-0.2, -0.15) is 13.2 Å². The molecule has 0 atom stereocenters. The van der Waals surface area contributed by atoms with Crippen molar-refractivity contribution in [2.24, 2.45) is 0 Å². The van der Waals surface area contributed by atoms with Crippen LogP contribution in [0.1, 0.15) is 22.5 Å². The Morgan fingerprint density at radius 3 is 2.17 bits per heavy atom. The molecule has 0 fully saturated rings. The molecular weight excluding hydrogens is 337 g/mol. The van der Waals surface area contributed by atoms with Crippen LogP contribution in [0.2, 0.25) is 5.02 Å². The summed E-state index contributed by atoms with van der Waals surface area (Å²) in [5.74, 6) is -0.769. The monoisotopic (exact) mass is 350 g/mol. The zero-order chi connectivity index (χ0) is 17.3. The molecule has 0 aliphatic carbocycles. The van der Waals surface area contributed by atoms with Gasteiger partial charge < -0.3 is 4.42 Å². The van der Waals surface area contributed by atoms with Crippen LogP contribution in [-0.2, 0) is 12.6 Å². The summed E-state index contributed by atoms with van der Waals surface area (Å²) in [4.78, 5) is 0. The van der Waals surface area contributed by atoms with Gasteiger partial charge in [0.25, 0.3) is 0 Å². The first-order valence-electron chi connectivity index (χ1n) is 7.34. The number of halogens is 4. The van der Waals surface area contributed by atoms with E-state index < -0.39 is 11.9 Å². The van der Waals surface area contributed by atoms with Crippen LogP contribution in [0.3, 0.4) is 0 Å². The van der Waals surface area contributed by atoms with Gasteiger partial charge in [0.05, 0.1) is 0 Å². The average molecular weight is 351 g/mol. The second-order valence-electron chi connectivity index (χ2n) is 5.63. The van der Waals surface area contributed by atoms with Gasteiger partial charge in [-0.15, -0.1) is 0 Å². The first kappa shape index (κ1) is 16.7. The highest BCUT2D eigenvalue weighted by Gasteiger charge is 2.38. The number of aryl methyl sites for hydroxylation is 1. The summed E-state index contributed by atoms with van der Waals surface area (Å²) in [5, 5.41) is 0.515. The van der Waals surface area contributed by atoms with Gasteiger partial charge in [-0.3, -0.25) is 0 Å². The Bertz CT molecular complexity index is 831. The fourth-order valence-corrected chi connectivity index (χ4v) is 2.61. The standard InChI is InChI=1S/C19H14ClF3O/c1-12-2-4-13(5-3-12)10-15-11-17(24-18(15)19(21,22)23)14-6-8-16(20)9-7-14/h2-9,11H,10H2,1H3. The summed E-state index contributed by atoms with van der Waals surface area (Å²) >= 11 is 5.82. The number of rotatable bonds is 3. The molecular formula is C19H14ClF3O. The molecule has 0 saturated heterocycles. The molecule has 3 aromatic rings. The molecule has 0 amide bonds. The molecule has 24 heavy (non-hydrogen) atoms. The van der Waals surface area contributed by atoms with Crippen molar-refractivity contribution in [1.29, 1.82) is 0 Å². The summed E-state index contributed by atoms with van der Waals surface area (Å²) in [5.41, 5.74) is 2.54.